The number of likely N-dealkylation sites (tertiary alicyclic amines) is 1. The Morgan fingerprint density at radius 2 is 1.95 bits per heavy atom. The van der Waals surface area contributed by atoms with Gasteiger partial charge in [0.25, 0.3) is 5.91 Å². The number of furan rings is 1. The molecule has 1 aromatic carbocycles. The van der Waals surface area contributed by atoms with Gasteiger partial charge in [-0.15, -0.1) is 0 Å². The van der Waals surface area contributed by atoms with Crippen molar-refractivity contribution in [1.29, 1.82) is 0 Å². The van der Waals surface area contributed by atoms with E-state index >= 15 is 0 Å². The number of anilines is 2. The first-order valence-corrected chi connectivity index (χ1v) is 13.5. The molecule has 2 aromatic heterocycles. The SMILES string of the molecule is COCCOc1ccc2oc(C(=O)Nc3ccc(Cl)cn3)c(NC(=O)C3CCC(N4CCCC4=O)CC3)c2c1. The molecule has 1 aliphatic heterocycles. The number of amides is 3. The number of nitrogens with one attached hydrogen (secondary N) is 2. The third-order valence-corrected chi connectivity index (χ3v) is 7.48. The Labute approximate surface area is 231 Å². The maximum Gasteiger partial charge on any atom is 0.294 e. The smallest absolute Gasteiger partial charge is 0.294 e. The van der Waals surface area contributed by atoms with E-state index in [0.717, 1.165) is 25.8 Å². The Hall–Kier alpha value is -3.63. The van der Waals surface area contributed by atoms with Crippen molar-refractivity contribution >= 4 is 51.8 Å². The minimum absolute atomic E-state index is 0.0412. The lowest BCUT2D eigenvalue weighted by molar-refractivity contribution is -0.130. The Morgan fingerprint density at radius 3 is 2.64 bits per heavy atom. The van der Waals surface area contributed by atoms with Crippen LogP contribution in [-0.4, -0.2) is 60.5 Å². The first-order chi connectivity index (χ1) is 18.9. The van der Waals surface area contributed by atoms with Gasteiger partial charge < -0.3 is 29.4 Å². The summed E-state index contributed by atoms with van der Waals surface area (Å²) in [7, 11) is 1.59. The lowest BCUT2D eigenvalue weighted by Crippen LogP contribution is -2.40. The fourth-order valence-electron chi connectivity index (χ4n) is 5.25. The van der Waals surface area contributed by atoms with Gasteiger partial charge in [-0.25, -0.2) is 4.98 Å². The number of ether oxygens (including phenoxy) is 2. The number of nitrogens with zero attached hydrogens (tertiary/aromatic N) is 2. The van der Waals surface area contributed by atoms with Gasteiger partial charge in [0, 0.05) is 43.6 Å². The van der Waals surface area contributed by atoms with Gasteiger partial charge in [0.15, 0.2) is 0 Å². The van der Waals surface area contributed by atoms with E-state index in [1.807, 2.05) is 4.90 Å². The first-order valence-electron chi connectivity index (χ1n) is 13.1. The summed E-state index contributed by atoms with van der Waals surface area (Å²) in [6.45, 7) is 1.57. The summed E-state index contributed by atoms with van der Waals surface area (Å²) < 4.78 is 16.7. The first kappa shape index (κ1) is 27.0. The fraction of sp³-hybridized carbons (Fsp3) is 0.429. The monoisotopic (exact) mass is 554 g/mol. The van der Waals surface area contributed by atoms with Crippen LogP contribution in [0.1, 0.15) is 49.1 Å². The highest BCUT2D eigenvalue weighted by Crippen LogP contribution is 2.36. The van der Waals surface area contributed by atoms with Gasteiger partial charge in [0.2, 0.25) is 17.6 Å². The van der Waals surface area contributed by atoms with Crippen LogP contribution in [0.5, 0.6) is 5.75 Å². The molecular weight excluding hydrogens is 524 g/mol. The molecule has 0 unspecified atom stereocenters. The van der Waals surface area contributed by atoms with E-state index in [0.29, 0.717) is 60.0 Å². The van der Waals surface area contributed by atoms with Crippen LogP contribution in [0.3, 0.4) is 0 Å². The lowest BCUT2D eigenvalue weighted by atomic mass is 9.84. The van der Waals surface area contributed by atoms with E-state index in [9.17, 15) is 14.4 Å². The minimum atomic E-state index is -0.561. The Kier molecular flexibility index (Phi) is 8.33. The quantitative estimate of drug-likeness (QED) is 0.361. The number of methoxy groups -OCH3 is 1. The molecule has 3 aromatic rings. The van der Waals surface area contributed by atoms with E-state index in [2.05, 4.69) is 15.6 Å². The highest BCUT2D eigenvalue weighted by atomic mass is 35.5. The summed E-state index contributed by atoms with van der Waals surface area (Å²) in [5.41, 5.74) is 0.699. The second-order valence-electron chi connectivity index (χ2n) is 9.81. The molecule has 11 heteroatoms. The van der Waals surface area contributed by atoms with Gasteiger partial charge in [-0.05, 0) is 62.4 Å². The molecule has 2 aliphatic rings. The van der Waals surface area contributed by atoms with Gasteiger partial charge in [0.1, 0.15) is 29.4 Å². The molecular formula is C28H31ClN4O6. The van der Waals surface area contributed by atoms with Crippen LogP contribution >= 0.6 is 11.6 Å². The summed E-state index contributed by atoms with van der Waals surface area (Å²) in [6, 6.07) is 8.54. The highest BCUT2D eigenvalue weighted by Gasteiger charge is 2.34. The predicted molar refractivity (Wildman–Crippen MR) is 146 cm³/mol. The summed E-state index contributed by atoms with van der Waals surface area (Å²) in [5.74, 6) is 0.0302. The molecule has 3 amide bonds. The zero-order valence-electron chi connectivity index (χ0n) is 21.7. The van der Waals surface area contributed by atoms with Gasteiger partial charge in [-0.1, -0.05) is 11.6 Å². The van der Waals surface area contributed by atoms with Crippen molar-refractivity contribution in [2.45, 2.75) is 44.6 Å². The summed E-state index contributed by atoms with van der Waals surface area (Å²) in [6.07, 6.45) is 5.83. The molecule has 2 N–H and O–H groups in total. The van der Waals surface area contributed by atoms with Gasteiger partial charge in [0.05, 0.1) is 11.6 Å². The topological polar surface area (TPSA) is 123 Å². The number of rotatable bonds is 9. The van der Waals surface area contributed by atoms with Crippen molar-refractivity contribution in [3.63, 3.8) is 0 Å². The van der Waals surface area contributed by atoms with Crippen molar-refractivity contribution in [3.05, 3.63) is 47.3 Å². The summed E-state index contributed by atoms with van der Waals surface area (Å²) in [4.78, 5) is 44.9. The Balaban J connectivity index is 1.36. The molecule has 39 heavy (non-hydrogen) atoms. The molecule has 0 bridgehead atoms. The van der Waals surface area contributed by atoms with E-state index in [1.54, 1.807) is 37.4 Å². The number of aromatic nitrogens is 1. The standard InChI is InChI=1S/C28H31ClN4O6/c1-37-13-14-38-20-9-10-22-21(15-20)25(26(39-22)28(36)31-23-11-6-18(29)16-30-23)32-27(35)17-4-7-19(8-5-17)33-12-2-3-24(33)34/h6,9-11,15-17,19H,2-5,7-8,12-14H2,1H3,(H,32,35)(H,30,31,36). The molecule has 1 saturated carbocycles. The molecule has 0 atom stereocenters. The lowest BCUT2D eigenvalue weighted by Gasteiger charge is -2.34. The van der Waals surface area contributed by atoms with Crippen LogP contribution in [0.4, 0.5) is 11.5 Å². The van der Waals surface area contributed by atoms with Gasteiger partial charge in [-0.2, -0.15) is 0 Å². The Bertz CT molecular complexity index is 1350. The number of fused-ring (bicyclic) bond motifs is 1. The van der Waals surface area contributed by atoms with Crippen LogP contribution in [0.2, 0.25) is 5.02 Å². The largest absolute Gasteiger partial charge is 0.491 e. The number of halogens is 1. The molecule has 1 aliphatic carbocycles. The third kappa shape index (κ3) is 6.17. The molecule has 10 nitrogen and oxygen atoms in total. The van der Waals surface area contributed by atoms with E-state index < -0.39 is 5.91 Å². The molecule has 0 radical (unpaired) electrons. The predicted octanol–water partition coefficient (Wildman–Crippen LogP) is 4.88. The number of benzene rings is 1. The van der Waals surface area contributed by atoms with Crippen molar-refractivity contribution in [2.24, 2.45) is 5.92 Å². The molecule has 1 saturated heterocycles. The third-order valence-electron chi connectivity index (χ3n) is 7.26. The number of pyridine rings is 1. The van der Waals surface area contributed by atoms with Crippen molar-refractivity contribution in [3.8, 4) is 5.75 Å². The van der Waals surface area contributed by atoms with Crippen molar-refractivity contribution in [1.82, 2.24) is 9.88 Å². The summed E-state index contributed by atoms with van der Waals surface area (Å²) in [5, 5.41) is 6.65. The van der Waals surface area contributed by atoms with Crippen LogP contribution < -0.4 is 15.4 Å². The van der Waals surface area contributed by atoms with Crippen LogP contribution in [0.25, 0.3) is 11.0 Å². The average molecular weight is 555 g/mol. The van der Waals surface area contributed by atoms with Gasteiger partial charge >= 0.3 is 0 Å². The average Bonchev–Trinajstić information content (AvgIpc) is 3.53. The van der Waals surface area contributed by atoms with E-state index in [1.165, 1.54) is 6.20 Å². The molecule has 5 rings (SSSR count). The number of hydrogen-bond acceptors (Lipinski definition) is 7. The van der Waals surface area contributed by atoms with Crippen molar-refractivity contribution in [2.75, 3.05) is 37.5 Å². The number of carbonyl (C=O) groups is 3. The number of carbonyl (C=O) groups excluding carboxylic acids is 3. The normalized spacial score (nSPS) is 19.3. The fourth-order valence-corrected chi connectivity index (χ4v) is 5.36. The van der Waals surface area contributed by atoms with Crippen LogP contribution in [0.15, 0.2) is 40.9 Å². The molecule has 0 spiro atoms. The van der Waals surface area contributed by atoms with E-state index in [4.69, 9.17) is 25.5 Å². The molecule has 3 heterocycles. The van der Waals surface area contributed by atoms with Crippen molar-refractivity contribution < 1.29 is 28.3 Å². The highest BCUT2D eigenvalue weighted by molar-refractivity contribution is 6.30. The van der Waals surface area contributed by atoms with Crippen LogP contribution in [-0.2, 0) is 14.3 Å². The maximum atomic E-state index is 13.4. The minimum Gasteiger partial charge on any atom is -0.491 e. The Morgan fingerprint density at radius 1 is 1.13 bits per heavy atom. The second kappa shape index (κ2) is 12.0. The molecule has 206 valence electrons. The molecule has 2 fully saturated rings. The number of hydrogen-bond donors (Lipinski definition) is 2. The zero-order chi connectivity index (χ0) is 27.4. The van der Waals surface area contributed by atoms with Gasteiger partial charge in [-0.3, -0.25) is 14.4 Å². The maximum absolute atomic E-state index is 13.4. The second-order valence-corrected chi connectivity index (χ2v) is 10.2. The summed E-state index contributed by atoms with van der Waals surface area (Å²) >= 11 is 5.91. The zero-order valence-corrected chi connectivity index (χ0v) is 22.5. The van der Waals surface area contributed by atoms with Crippen LogP contribution in [0, 0.1) is 5.92 Å². The van der Waals surface area contributed by atoms with E-state index in [-0.39, 0.29) is 35.2 Å².